The molecule has 0 heterocycles. The molecule has 0 atom stereocenters. The van der Waals surface area contributed by atoms with Crippen LogP contribution in [0.2, 0.25) is 0 Å². The second-order valence-corrected chi connectivity index (χ2v) is 5.58. The minimum absolute atomic E-state index is 0.553. The number of benzene rings is 3. The van der Waals surface area contributed by atoms with Gasteiger partial charge in [-0.2, -0.15) is 5.26 Å². The first-order valence-electron chi connectivity index (χ1n) is 8.26. The van der Waals surface area contributed by atoms with Crippen LogP contribution < -0.4 is 9.47 Å². The number of nitriles is 1. The van der Waals surface area contributed by atoms with Crippen molar-refractivity contribution in [3.05, 3.63) is 84.4 Å². The van der Waals surface area contributed by atoms with Crippen molar-refractivity contribution in [1.29, 1.82) is 5.26 Å². The number of hydrogen-bond acceptors (Lipinski definition) is 3. The maximum Gasteiger partial charge on any atom is 0.120 e. The molecule has 0 N–H and O–H groups in total. The predicted octanol–water partition coefficient (Wildman–Crippen LogP) is 5.07. The van der Waals surface area contributed by atoms with Gasteiger partial charge in [0.05, 0.1) is 24.8 Å². The van der Waals surface area contributed by atoms with Crippen molar-refractivity contribution in [1.82, 2.24) is 0 Å². The standard InChI is InChI=1S/C22H19NO2/c23-17-18-6-4-9-22(16-18)25-15-5-14-24-21-12-10-20(11-13-21)19-7-2-1-3-8-19/h1-4,6-13,16H,5,14-15H2. The van der Waals surface area contributed by atoms with Crippen molar-refractivity contribution in [2.24, 2.45) is 0 Å². The minimum Gasteiger partial charge on any atom is -0.493 e. The maximum atomic E-state index is 8.86. The molecule has 0 radical (unpaired) electrons. The van der Waals surface area contributed by atoms with Crippen molar-refractivity contribution in [3.8, 4) is 28.7 Å². The molecule has 3 heteroatoms. The quantitative estimate of drug-likeness (QED) is 0.568. The highest BCUT2D eigenvalue weighted by molar-refractivity contribution is 5.63. The maximum absolute atomic E-state index is 8.86. The number of rotatable bonds is 7. The summed E-state index contributed by atoms with van der Waals surface area (Å²) in [5, 5.41) is 8.86. The van der Waals surface area contributed by atoms with Gasteiger partial charge in [0.25, 0.3) is 0 Å². The van der Waals surface area contributed by atoms with Gasteiger partial charge in [0, 0.05) is 6.42 Å². The van der Waals surface area contributed by atoms with E-state index in [0.29, 0.717) is 24.5 Å². The summed E-state index contributed by atoms with van der Waals surface area (Å²) in [5.41, 5.74) is 2.97. The Morgan fingerprint density at radius 2 is 1.36 bits per heavy atom. The Kier molecular flexibility index (Phi) is 5.68. The highest BCUT2D eigenvalue weighted by Gasteiger charge is 1.99. The first kappa shape index (κ1) is 16.6. The molecule has 0 bridgehead atoms. The van der Waals surface area contributed by atoms with Gasteiger partial charge >= 0.3 is 0 Å². The van der Waals surface area contributed by atoms with E-state index in [4.69, 9.17) is 14.7 Å². The Labute approximate surface area is 148 Å². The molecular formula is C22H19NO2. The lowest BCUT2D eigenvalue weighted by molar-refractivity contribution is 0.247. The Balaban J connectivity index is 1.42. The van der Waals surface area contributed by atoms with Crippen LogP contribution in [0, 0.1) is 11.3 Å². The molecule has 0 aromatic heterocycles. The van der Waals surface area contributed by atoms with Crippen LogP contribution in [0.15, 0.2) is 78.9 Å². The third-order valence-corrected chi connectivity index (χ3v) is 3.75. The largest absolute Gasteiger partial charge is 0.493 e. The second-order valence-electron chi connectivity index (χ2n) is 5.58. The van der Waals surface area contributed by atoms with Crippen molar-refractivity contribution in [2.75, 3.05) is 13.2 Å². The summed E-state index contributed by atoms with van der Waals surface area (Å²) in [4.78, 5) is 0. The van der Waals surface area contributed by atoms with Crippen LogP contribution >= 0.6 is 0 Å². The van der Waals surface area contributed by atoms with E-state index in [0.717, 1.165) is 12.2 Å². The zero-order valence-corrected chi connectivity index (χ0v) is 13.9. The summed E-state index contributed by atoms with van der Waals surface area (Å²) in [7, 11) is 0. The van der Waals surface area contributed by atoms with Crippen LogP contribution in [0.5, 0.6) is 11.5 Å². The van der Waals surface area contributed by atoms with E-state index in [1.54, 1.807) is 12.1 Å². The highest BCUT2D eigenvalue weighted by Crippen LogP contribution is 2.22. The molecule has 0 saturated carbocycles. The van der Waals surface area contributed by atoms with Gasteiger partial charge in [-0.25, -0.2) is 0 Å². The van der Waals surface area contributed by atoms with Crippen molar-refractivity contribution < 1.29 is 9.47 Å². The topological polar surface area (TPSA) is 42.2 Å². The fourth-order valence-corrected chi connectivity index (χ4v) is 2.47. The lowest BCUT2D eigenvalue weighted by atomic mass is 10.1. The zero-order chi connectivity index (χ0) is 17.3. The summed E-state index contributed by atoms with van der Waals surface area (Å²) in [5.74, 6) is 1.57. The molecule has 0 spiro atoms. The summed E-state index contributed by atoms with van der Waals surface area (Å²) < 4.78 is 11.4. The van der Waals surface area contributed by atoms with Gasteiger partial charge in [0.2, 0.25) is 0 Å². The summed E-state index contributed by atoms with van der Waals surface area (Å²) in [6.45, 7) is 1.14. The van der Waals surface area contributed by atoms with Crippen LogP contribution in [0.3, 0.4) is 0 Å². The molecule has 0 aliphatic heterocycles. The fourth-order valence-electron chi connectivity index (χ4n) is 2.47. The van der Waals surface area contributed by atoms with Crippen molar-refractivity contribution >= 4 is 0 Å². The number of hydrogen-bond donors (Lipinski definition) is 0. The second kappa shape index (κ2) is 8.56. The van der Waals surface area contributed by atoms with E-state index in [2.05, 4.69) is 30.3 Å². The van der Waals surface area contributed by atoms with Gasteiger partial charge in [-0.15, -0.1) is 0 Å². The van der Waals surface area contributed by atoms with Crippen molar-refractivity contribution in [3.63, 3.8) is 0 Å². The van der Waals surface area contributed by atoms with Crippen LogP contribution in [-0.4, -0.2) is 13.2 Å². The smallest absolute Gasteiger partial charge is 0.120 e. The van der Waals surface area contributed by atoms with Crippen LogP contribution in [0.1, 0.15) is 12.0 Å². The zero-order valence-electron chi connectivity index (χ0n) is 13.9. The molecule has 0 saturated heterocycles. The van der Waals surface area contributed by atoms with Crippen molar-refractivity contribution in [2.45, 2.75) is 6.42 Å². The normalized spacial score (nSPS) is 10.0. The molecule has 0 aliphatic rings. The molecule has 0 amide bonds. The van der Waals surface area contributed by atoms with E-state index in [1.807, 2.05) is 42.5 Å². The Bertz CT molecular complexity index is 836. The fraction of sp³-hybridized carbons (Fsp3) is 0.136. The van der Waals surface area contributed by atoms with Gasteiger partial charge in [0.1, 0.15) is 11.5 Å². The van der Waals surface area contributed by atoms with Gasteiger partial charge in [0.15, 0.2) is 0 Å². The summed E-state index contributed by atoms with van der Waals surface area (Å²) >= 11 is 0. The SMILES string of the molecule is N#Cc1cccc(OCCCOc2ccc(-c3ccccc3)cc2)c1. The monoisotopic (exact) mass is 329 g/mol. The van der Waals surface area contributed by atoms with Crippen LogP contribution in [0.25, 0.3) is 11.1 Å². The van der Waals surface area contributed by atoms with E-state index < -0.39 is 0 Å². The highest BCUT2D eigenvalue weighted by atomic mass is 16.5. The van der Waals surface area contributed by atoms with E-state index in [9.17, 15) is 0 Å². The van der Waals surface area contributed by atoms with Gasteiger partial charge in [-0.1, -0.05) is 48.5 Å². The van der Waals surface area contributed by atoms with Gasteiger partial charge in [-0.05, 0) is 41.5 Å². The molecule has 0 unspecified atom stereocenters. The average Bonchev–Trinajstić information content (AvgIpc) is 2.69. The van der Waals surface area contributed by atoms with Crippen LogP contribution in [0.4, 0.5) is 0 Å². The number of nitrogens with zero attached hydrogens (tertiary/aromatic N) is 1. The molecule has 124 valence electrons. The predicted molar refractivity (Wildman–Crippen MR) is 98.6 cm³/mol. The Morgan fingerprint density at radius 3 is 2.08 bits per heavy atom. The summed E-state index contributed by atoms with van der Waals surface area (Å²) in [6.07, 6.45) is 0.775. The first-order chi connectivity index (χ1) is 12.3. The first-order valence-corrected chi connectivity index (χ1v) is 8.26. The van der Waals surface area contributed by atoms with Gasteiger partial charge < -0.3 is 9.47 Å². The molecule has 3 aromatic carbocycles. The molecule has 3 aromatic rings. The van der Waals surface area contributed by atoms with Gasteiger partial charge in [-0.3, -0.25) is 0 Å². The molecule has 0 fully saturated rings. The summed E-state index contributed by atoms with van der Waals surface area (Å²) in [6, 6.07) is 27.6. The van der Waals surface area contributed by atoms with E-state index in [-0.39, 0.29) is 0 Å². The lowest BCUT2D eigenvalue weighted by Gasteiger charge is -2.09. The Hall–Kier alpha value is -3.25. The molecular weight excluding hydrogens is 310 g/mol. The minimum atomic E-state index is 0.553. The Morgan fingerprint density at radius 1 is 0.680 bits per heavy atom. The molecule has 25 heavy (non-hydrogen) atoms. The average molecular weight is 329 g/mol. The third kappa shape index (κ3) is 4.86. The molecule has 3 nitrogen and oxygen atoms in total. The number of ether oxygens (including phenoxy) is 2. The lowest BCUT2D eigenvalue weighted by Crippen LogP contribution is -2.05. The molecule has 3 rings (SSSR count). The third-order valence-electron chi connectivity index (χ3n) is 3.75. The molecule has 0 aliphatic carbocycles. The van der Waals surface area contributed by atoms with E-state index in [1.165, 1.54) is 11.1 Å². The van der Waals surface area contributed by atoms with E-state index >= 15 is 0 Å². The van der Waals surface area contributed by atoms with Crippen LogP contribution in [-0.2, 0) is 0 Å².